The smallest absolute Gasteiger partial charge is 0.414 e. The number of aromatic nitrogens is 1. The van der Waals surface area contributed by atoms with Crippen LogP contribution in [-0.2, 0) is 11.3 Å². The minimum Gasteiger partial charge on any atom is -0.443 e. The van der Waals surface area contributed by atoms with Crippen molar-refractivity contribution < 1.29 is 14.6 Å². The van der Waals surface area contributed by atoms with Crippen molar-refractivity contribution in [2.24, 2.45) is 5.73 Å². The number of amides is 1. The molecule has 0 spiro atoms. The number of carbonyl (C=O) groups excluding carboxylic acids is 1. The highest BCUT2D eigenvalue weighted by atomic mass is 16.6. The van der Waals surface area contributed by atoms with Crippen LogP contribution in [0.4, 0.5) is 10.5 Å². The summed E-state index contributed by atoms with van der Waals surface area (Å²) < 4.78 is 5.34. The van der Waals surface area contributed by atoms with E-state index in [0.29, 0.717) is 12.2 Å². The Morgan fingerprint density at radius 3 is 2.55 bits per heavy atom. The Kier molecular flexibility index (Phi) is 5.47. The average Bonchev–Trinajstić information content (AvgIpc) is 2.34. The molecule has 1 rings (SSSR count). The zero-order valence-corrected chi connectivity index (χ0v) is 12.5. The molecule has 0 aliphatic carbocycles. The number of hydrogen-bond donors (Lipinski definition) is 2. The summed E-state index contributed by atoms with van der Waals surface area (Å²) in [5, 5.41) is 9.54. The van der Waals surface area contributed by atoms with Crippen LogP contribution in [0.5, 0.6) is 0 Å². The van der Waals surface area contributed by atoms with Gasteiger partial charge >= 0.3 is 6.09 Å². The second-order valence-corrected chi connectivity index (χ2v) is 5.65. The van der Waals surface area contributed by atoms with Crippen molar-refractivity contribution in [3.8, 4) is 0 Å². The first kappa shape index (κ1) is 16.4. The molecule has 0 radical (unpaired) electrons. The number of ether oxygens (including phenoxy) is 1. The first-order chi connectivity index (χ1) is 9.23. The zero-order chi connectivity index (χ0) is 15.3. The van der Waals surface area contributed by atoms with Gasteiger partial charge in [-0.05, 0) is 39.8 Å². The quantitative estimate of drug-likeness (QED) is 0.876. The summed E-state index contributed by atoms with van der Waals surface area (Å²) in [6, 6.07) is 3.48. The lowest BCUT2D eigenvalue weighted by Gasteiger charge is -2.28. The monoisotopic (exact) mass is 281 g/mol. The summed E-state index contributed by atoms with van der Waals surface area (Å²) >= 11 is 0. The maximum atomic E-state index is 12.2. The molecule has 0 bridgehead atoms. The van der Waals surface area contributed by atoms with Crippen molar-refractivity contribution in [1.82, 2.24) is 4.98 Å². The molecule has 3 N–H and O–H groups in total. The van der Waals surface area contributed by atoms with Crippen LogP contribution in [0, 0.1) is 0 Å². The molecule has 0 unspecified atom stereocenters. The molecule has 0 saturated heterocycles. The maximum Gasteiger partial charge on any atom is 0.414 e. The molecular formula is C14H23N3O3. The molecule has 1 atom stereocenters. The summed E-state index contributed by atoms with van der Waals surface area (Å²) in [4.78, 5) is 17.7. The van der Waals surface area contributed by atoms with E-state index >= 15 is 0 Å². The first-order valence-corrected chi connectivity index (χ1v) is 6.56. The van der Waals surface area contributed by atoms with Crippen molar-refractivity contribution in [3.63, 3.8) is 0 Å². The van der Waals surface area contributed by atoms with Gasteiger partial charge in [-0.15, -0.1) is 0 Å². The van der Waals surface area contributed by atoms with Gasteiger partial charge in [0.1, 0.15) is 5.60 Å². The number of aliphatic hydroxyl groups is 1. The molecule has 112 valence electrons. The summed E-state index contributed by atoms with van der Waals surface area (Å²) in [7, 11) is 0. The third kappa shape index (κ3) is 5.14. The molecule has 0 aliphatic heterocycles. The van der Waals surface area contributed by atoms with Crippen molar-refractivity contribution in [3.05, 3.63) is 24.0 Å². The van der Waals surface area contributed by atoms with Crippen molar-refractivity contribution in [2.75, 3.05) is 11.4 Å². The van der Waals surface area contributed by atoms with Crippen LogP contribution in [0.1, 0.15) is 33.4 Å². The van der Waals surface area contributed by atoms with Crippen molar-refractivity contribution in [1.29, 1.82) is 0 Å². The molecule has 1 amide bonds. The van der Waals surface area contributed by atoms with E-state index in [2.05, 4.69) is 4.98 Å². The summed E-state index contributed by atoms with van der Waals surface area (Å²) in [6.45, 7) is 7.46. The molecule has 0 aliphatic rings. The highest BCUT2D eigenvalue weighted by molar-refractivity contribution is 5.87. The lowest BCUT2D eigenvalue weighted by atomic mass is 10.2. The number of anilines is 1. The fraction of sp³-hybridized carbons (Fsp3) is 0.571. The van der Waals surface area contributed by atoms with Crippen LogP contribution in [0.25, 0.3) is 0 Å². The Balaban J connectivity index is 2.95. The fourth-order valence-corrected chi connectivity index (χ4v) is 1.56. The van der Waals surface area contributed by atoms with Gasteiger partial charge in [-0.1, -0.05) is 0 Å². The van der Waals surface area contributed by atoms with Gasteiger partial charge < -0.3 is 15.6 Å². The number of nitrogens with two attached hydrogens (primary N) is 1. The van der Waals surface area contributed by atoms with Gasteiger partial charge in [0.25, 0.3) is 0 Å². The molecular weight excluding hydrogens is 258 g/mol. The fourth-order valence-electron chi connectivity index (χ4n) is 1.56. The third-order valence-corrected chi connectivity index (χ3v) is 2.39. The molecule has 6 nitrogen and oxygen atoms in total. The predicted octanol–water partition coefficient (Wildman–Crippen LogP) is 1.66. The molecule has 6 heteroatoms. The Bertz CT molecular complexity index is 438. The first-order valence-electron chi connectivity index (χ1n) is 6.56. The number of aliphatic hydroxyl groups excluding tert-OH is 1. The number of carbonyl (C=O) groups is 1. The number of pyridine rings is 1. The van der Waals surface area contributed by atoms with Crippen LogP contribution in [0.2, 0.25) is 0 Å². The van der Waals surface area contributed by atoms with Crippen LogP contribution in [-0.4, -0.2) is 34.4 Å². The second-order valence-electron chi connectivity index (χ2n) is 5.65. The molecule has 0 aromatic carbocycles. The van der Waals surface area contributed by atoms with Gasteiger partial charge in [0.15, 0.2) is 0 Å². The summed E-state index contributed by atoms with van der Waals surface area (Å²) in [5.74, 6) is 0. The normalized spacial score (nSPS) is 12.9. The van der Waals surface area contributed by atoms with Gasteiger partial charge in [-0.25, -0.2) is 4.79 Å². The predicted molar refractivity (Wildman–Crippen MR) is 77.4 cm³/mol. The topological polar surface area (TPSA) is 88.7 Å². The zero-order valence-electron chi connectivity index (χ0n) is 12.5. The Labute approximate surface area is 119 Å². The van der Waals surface area contributed by atoms with Crippen molar-refractivity contribution >= 4 is 11.8 Å². The standard InChI is InChI=1S/C14H23N3O3/c1-10(18)9-17(13(19)20-14(2,3)4)12-6-5-11(7-15)16-8-12/h5-6,8,10,18H,7,9,15H2,1-4H3/t10-/m0/s1. The van der Waals surface area contributed by atoms with E-state index in [-0.39, 0.29) is 6.54 Å². The van der Waals surface area contributed by atoms with E-state index in [0.717, 1.165) is 5.69 Å². The van der Waals surface area contributed by atoms with Crippen LogP contribution in [0.15, 0.2) is 18.3 Å². The number of nitrogens with zero attached hydrogens (tertiary/aromatic N) is 2. The molecule has 1 aromatic rings. The lowest BCUT2D eigenvalue weighted by Crippen LogP contribution is -2.40. The molecule has 0 saturated carbocycles. The van der Waals surface area contributed by atoms with Crippen molar-refractivity contribution in [2.45, 2.75) is 45.9 Å². The molecule has 1 heterocycles. The van der Waals surface area contributed by atoms with Crippen LogP contribution in [0.3, 0.4) is 0 Å². The SMILES string of the molecule is C[C@H](O)CN(C(=O)OC(C)(C)C)c1ccc(CN)nc1. The van der Waals surface area contributed by atoms with Gasteiger partial charge in [0.05, 0.1) is 30.2 Å². The van der Waals surface area contributed by atoms with Gasteiger partial charge in [0.2, 0.25) is 0 Å². The molecule has 1 aromatic heterocycles. The third-order valence-electron chi connectivity index (χ3n) is 2.39. The van der Waals surface area contributed by atoms with Gasteiger partial charge in [0, 0.05) is 6.54 Å². The molecule has 20 heavy (non-hydrogen) atoms. The minimum atomic E-state index is -0.670. The Hall–Kier alpha value is -1.66. The van der Waals surface area contributed by atoms with E-state index in [1.165, 1.54) is 4.90 Å². The Morgan fingerprint density at radius 1 is 1.50 bits per heavy atom. The van der Waals surface area contributed by atoms with Gasteiger partial charge in [-0.2, -0.15) is 0 Å². The number of rotatable bonds is 4. The largest absolute Gasteiger partial charge is 0.443 e. The summed E-state index contributed by atoms with van der Waals surface area (Å²) in [5.41, 5.74) is 6.19. The van der Waals surface area contributed by atoms with Crippen LogP contribution < -0.4 is 10.6 Å². The average molecular weight is 281 g/mol. The van der Waals surface area contributed by atoms with E-state index in [1.807, 2.05) is 0 Å². The second kappa shape index (κ2) is 6.67. The van der Waals surface area contributed by atoms with E-state index in [1.54, 1.807) is 46.0 Å². The summed E-state index contributed by atoms with van der Waals surface area (Å²) in [6.07, 6.45) is 0.367. The van der Waals surface area contributed by atoms with E-state index < -0.39 is 17.8 Å². The van der Waals surface area contributed by atoms with E-state index in [9.17, 15) is 9.90 Å². The lowest BCUT2D eigenvalue weighted by molar-refractivity contribution is 0.0560. The van der Waals surface area contributed by atoms with Crippen LogP contribution >= 0.6 is 0 Å². The minimum absolute atomic E-state index is 0.137. The van der Waals surface area contributed by atoms with E-state index in [4.69, 9.17) is 10.5 Å². The highest BCUT2D eigenvalue weighted by Gasteiger charge is 2.24. The Morgan fingerprint density at radius 2 is 2.15 bits per heavy atom. The highest BCUT2D eigenvalue weighted by Crippen LogP contribution is 2.18. The van der Waals surface area contributed by atoms with Gasteiger partial charge in [-0.3, -0.25) is 9.88 Å². The molecule has 0 fully saturated rings. The number of hydrogen-bond acceptors (Lipinski definition) is 5. The maximum absolute atomic E-state index is 12.2.